The maximum atomic E-state index is 12.7. The van der Waals surface area contributed by atoms with Gasteiger partial charge < -0.3 is 5.73 Å². The lowest BCUT2D eigenvalue weighted by Crippen LogP contribution is -2.33. The number of hydrogen-bond donors (Lipinski definition) is 1. The van der Waals surface area contributed by atoms with Gasteiger partial charge in [-0.05, 0) is 30.5 Å². The van der Waals surface area contributed by atoms with Gasteiger partial charge in [0.15, 0.2) is 0 Å². The van der Waals surface area contributed by atoms with Crippen LogP contribution in [0.25, 0.3) is 0 Å². The molecule has 0 bridgehead atoms. The van der Waals surface area contributed by atoms with Gasteiger partial charge in [0, 0.05) is 19.6 Å². The maximum Gasteiger partial charge on any atom is 0.243 e. The van der Waals surface area contributed by atoms with E-state index in [1.54, 1.807) is 22.5 Å². The van der Waals surface area contributed by atoms with Gasteiger partial charge in [0.25, 0.3) is 0 Å². The molecule has 5 heteroatoms. The summed E-state index contributed by atoms with van der Waals surface area (Å²) < 4.78 is 27.0. The van der Waals surface area contributed by atoms with Crippen LogP contribution in [0, 0.1) is 0 Å². The third kappa shape index (κ3) is 4.58. The van der Waals surface area contributed by atoms with Gasteiger partial charge in [0.1, 0.15) is 0 Å². The van der Waals surface area contributed by atoms with E-state index in [1.807, 2.05) is 6.07 Å². The Morgan fingerprint density at radius 3 is 2.20 bits per heavy atom. The standard InChI is InChI=1S/C15H26N2O2S/c1-3-5-10-17(11-6-4-2)20(18,19)15-9-7-8-14(12-15)13-16/h7-9,12H,3-6,10-11,13,16H2,1-2H3. The maximum absolute atomic E-state index is 12.7. The molecule has 1 aromatic rings. The average Bonchev–Trinajstić information content (AvgIpc) is 2.47. The van der Waals surface area contributed by atoms with Crippen molar-refractivity contribution in [3.63, 3.8) is 0 Å². The fourth-order valence-electron chi connectivity index (χ4n) is 2.00. The number of rotatable bonds is 9. The molecule has 0 aliphatic rings. The van der Waals surface area contributed by atoms with Crippen LogP contribution in [0.2, 0.25) is 0 Å². The molecule has 0 atom stereocenters. The Morgan fingerprint density at radius 2 is 1.70 bits per heavy atom. The van der Waals surface area contributed by atoms with Gasteiger partial charge in [-0.3, -0.25) is 0 Å². The van der Waals surface area contributed by atoms with Crippen LogP contribution in [0.3, 0.4) is 0 Å². The van der Waals surface area contributed by atoms with Crippen molar-refractivity contribution in [2.75, 3.05) is 13.1 Å². The van der Waals surface area contributed by atoms with E-state index in [2.05, 4.69) is 13.8 Å². The van der Waals surface area contributed by atoms with E-state index in [4.69, 9.17) is 5.73 Å². The predicted molar refractivity (Wildman–Crippen MR) is 82.9 cm³/mol. The second-order valence-electron chi connectivity index (χ2n) is 4.96. The van der Waals surface area contributed by atoms with Crippen LogP contribution in [-0.4, -0.2) is 25.8 Å². The summed E-state index contributed by atoms with van der Waals surface area (Å²) in [4.78, 5) is 0.354. The van der Waals surface area contributed by atoms with Gasteiger partial charge in [0.05, 0.1) is 4.90 Å². The van der Waals surface area contributed by atoms with Gasteiger partial charge in [-0.2, -0.15) is 4.31 Å². The van der Waals surface area contributed by atoms with Crippen molar-refractivity contribution in [2.45, 2.75) is 51.0 Å². The molecule has 0 amide bonds. The molecular formula is C15H26N2O2S. The minimum absolute atomic E-state index is 0.354. The second kappa shape index (κ2) is 8.39. The number of nitrogens with zero attached hydrogens (tertiary/aromatic N) is 1. The molecule has 20 heavy (non-hydrogen) atoms. The third-order valence-electron chi connectivity index (χ3n) is 3.29. The summed E-state index contributed by atoms with van der Waals surface area (Å²) in [5.74, 6) is 0. The first-order chi connectivity index (χ1) is 9.56. The largest absolute Gasteiger partial charge is 0.326 e. The van der Waals surface area contributed by atoms with Crippen LogP contribution in [0.15, 0.2) is 29.2 Å². The Hall–Kier alpha value is -0.910. The summed E-state index contributed by atoms with van der Waals surface area (Å²) in [6.07, 6.45) is 3.75. The summed E-state index contributed by atoms with van der Waals surface area (Å²) in [5, 5.41) is 0. The Kier molecular flexibility index (Phi) is 7.19. The van der Waals surface area contributed by atoms with Gasteiger partial charge in [-0.15, -0.1) is 0 Å². The molecule has 1 rings (SSSR count). The number of unbranched alkanes of at least 4 members (excludes halogenated alkanes) is 2. The van der Waals surface area contributed by atoms with Crippen LogP contribution >= 0.6 is 0 Å². The van der Waals surface area contributed by atoms with Crippen molar-refractivity contribution in [3.8, 4) is 0 Å². The lowest BCUT2D eigenvalue weighted by atomic mass is 10.2. The van der Waals surface area contributed by atoms with Gasteiger partial charge in [-0.1, -0.05) is 38.8 Å². The SMILES string of the molecule is CCCCN(CCCC)S(=O)(=O)c1cccc(CN)c1. The van der Waals surface area contributed by atoms with E-state index in [-0.39, 0.29) is 0 Å². The van der Waals surface area contributed by atoms with E-state index >= 15 is 0 Å². The van der Waals surface area contributed by atoms with Crippen molar-refractivity contribution in [2.24, 2.45) is 5.73 Å². The van der Waals surface area contributed by atoms with Crippen LogP contribution < -0.4 is 5.73 Å². The van der Waals surface area contributed by atoms with Gasteiger partial charge in [0.2, 0.25) is 10.0 Å². The molecule has 0 aliphatic carbocycles. The predicted octanol–water partition coefficient (Wildman–Crippen LogP) is 2.74. The van der Waals surface area contributed by atoms with Crippen LogP contribution in [0.4, 0.5) is 0 Å². The molecule has 2 N–H and O–H groups in total. The second-order valence-corrected chi connectivity index (χ2v) is 6.90. The summed E-state index contributed by atoms with van der Waals surface area (Å²) in [7, 11) is -3.40. The zero-order chi connectivity index (χ0) is 15.0. The molecular weight excluding hydrogens is 272 g/mol. The highest BCUT2D eigenvalue weighted by Crippen LogP contribution is 2.18. The van der Waals surface area contributed by atoms with E-state index in [0.29, 0.717) is 24.5 Å². The first-order valence-corrected chi connectivity index (χ1v) is 8.79. The van der Waals surface area contributed by atoms with E-state index in [9.17, 15) is 8.42 Å². The molecule has 0 saturated heterocycles. The molecule has 0 radical (unpaired) electrons. The number of sulfonamides is 1. The Labute approximate surface area is 123 Å². The molecule has 0 unspecified atom stereocenters. The Balaban J connectivity index is 3.00. The fourth-order valence-corrected chi connectivity index (χ4v) is 3.59. The minimum atomic E-state index is -3.40. The van der Waals surface area contributed by atoms with Crippen molar-refractivity contribution in [1.29, 1.82) is 0 Å². The normalized spacial score (nSPS) is 12.0. The lowest BCUT2D eigenvalue weighted by Gasteiger charge is -2.22. The first-order valence-electron chi connectivity index (χ1n) is 7.35. The van der Waals surface area contributed by atoms with E-state index in [0.717, 1.165) is 31.2 Å². The highest BCUT2D eigenvalue weighted by Gasteiger charge is 2.23. The smallest absolute Gasteiger partial charge is 0.243 e. The molecule has 0 heterocycles. The number of nitrogens with two attached hydrogens (primary N) is 1. The minimum Gasteiger partial charge on any atom is -0.326 e. The van der Waals surface area contributed by atoms with E-state index in [1.165, 1.54) is 0 Å². The van der Waals surface area contributed by atoms with Crippen molar-refractivity contribution in [3.05, 3.63) is 29.8 Å². The van der Waals surface area contributed by atoms with Gasteiger partial charge in [-0.25, -0.2) is 8.42 Å². The topological polar surface area (TPSA) is 63.4 Å². The number of hydrogen-bond acceptors (Lipinski definition) is 3. The molecule has 0 saturated carbocycles. The zero-order valence-corrected chi connectivity index (χ0v) is 13.3. The summed E-state index contributed by atoms with van der Waals surface area (Å²) in [6, 6.07) is 6.94. The monoisotopic (exact) mass is 298 g/mol. The molecule has 0 fully saturated rings. The molecule has 0 aromatic heterocycles. The fraction of sp³-hybridized carbons (Fsp3) is 0.600. The Morgan fingerprint density at radius 1 is 1.10 bits per heavy atom. The zero-order valence-electron chi connectivity index (χ0n) is 12.5. The summed E-state index contributed by atoms with van der Waals surface area (Å²) in [5.41, 5.74) is 6.43. The first kappa shape index (κ1) is 17.1. The lowest BCUT2D eigenvalue weighted by molar-refractivity contribution is 0.395. The average molecular weight is 298 g/mol. The molecule has 0 aliphatic heterocycles. The molecule has 0 spiro atoms. The quantitative estimate of drug-likeness (QED) is 0.762. The summed E-state index contributed by atoms with van der Waals surface area (Å²) >= 11 is 0. The van der Waals surface area contributed by atoms with Gasteiger partial charge >= 0.3 is 0 Å². The molecule has 1 aromatic carbocycles. The highest BCUT2D eigenvalue weighted by molar-refractivity contribution is 7.89. The third-order valence-corrected chi connectivity index (χ3v) is 5.19. The van der Waals surface area contributed by atoms with Crippen LogP contribution in [0.1, 0.15) is 45.1 Å². The molecule has 4 nitrogen and oxygen atoms in total. The van der Waals surface area contributed by atoms with Crippen LogP contribution in [0.5, 0.6) is 0 Å². The number of benzene rings is 1. The summed E-state index contributed by atoms with van der Waals surface area (Å²) in [6.45, 7) is 5.67. The highest BCUT2D eigenvalue weighted by atomic mass is 32.2. The van der Waals surface area contributed by atoms with E-state index < -0.39 is 10.0 Å². The van der Waals surface area contributed by atoms with Crippen molar-refractivity contribution < 1.29 is 8.42 Å². The van der Waals surface area contributed by atoms with Crippen LogP contribution in [-0.2, 0) is 16.6 Å². The van der Waals surface area contributed by atoms with Crippen molar-refractivity contribution >= 4 is 10.0 Å². The Bertz CT molecular complexity index is 492. The van der Waals surface area contributed by atoms with Crippen molar-refractivity contribution in [1.82, 2.24) is 4.31 Å². The molecule has 114 valence electrons.